The number of anilines is 1. The van der Waals surface area contributed by atoms with Crippen LogP contribution in [0.2, 0.25) is 0 Å². The van der Waals surface area contributed by atoms with Crippen molar-refractivity contribution in [3.05, 3.63) is 18.3 Å². The zero-order valence-electron chi connectivity index (χ0n) is 8.53. The van der Waals surface area contributed by atoms with Crippen molar-refractivity contribution >= 4 is 17.6 Å². The lowest BCUT2D eigenvalue weighted by Crippen LogP contribution is -1.99. The number of rotatable bonds is 5. The Bertz CT molecular complexity index is 281. The molecule has 0 saturated carbocycles. The minimum absolute atomic E-state index is 0.248. The van der Waals surface area contributed by atoms with Crippen LogP contribution in [-0.4, -0.2) is 29.0 Å². The van der Waals surface area contributed by atoms with Crippen molar-refractivity contribution in [1.29, 1.82) is 0 Å². The highest BCUT2D eigenvalue weighted by atomic mass is 32.2. The molecular weight excluding hydrogens is 196 g/mol. The van der Waals surface area contributed by atoms with E-state index in [-0.39, 0.29) is 6.61 Å². The maximum Gasteiger partial charge on any atom is 0.126 e. The van der Waals surface area contributed by atoms with Gasteiger partial charge < -0.3 is 10.4 Å². The van der Waals surface area contributed by atoms with Crippen molar-refractivity contribution in [1.82, 2.24) is 4.98 Å². The summed E-state index contributed by atoms with van der Waals surface area (Å²) in [7, 11) is 1.86. The van der Waals surface area contributed by atoms with Gasteiger partial charge >= 0.3 is 0 Å². The topological polar surface area (TPSA) is 45.1 Å². The Morgan fingerprint density at radius 3 is 3.07 bits per heavy atom. The number of pyridine rings is 1. The summed E-state index contributed by atoms with van der Waals surface area (Å²) in [6, 6.07) is 4.00. The molecule has 3 nitrogen and oxygen atoms in total. The first-order chi connectivity index (χ1) is 6.76. The second-order valence-corrected chi connectivity index (χ2v) is 4.58. The maximum absolute atomic E-state index is 8.78. The van der Waals surface area contributed by atoms with Gasteiger partial charge in [0.05, 0.1) is 0 Å². The Hall–Kier alpha value is -0.740. The van der Waals surface area contributed by atoms with Crippen molar-refractivity contribution < 1.29 is 5.11 Å². The molecule has 0 radical (unpaired) electrons. The molecule has 0 spiro atoms. The molecule has 0 aliphatic carbocycles. The fraction of sp³-hybridized carbons (Fsp3) is 0.500. The number of hydrogen-bond acceptors (Lipinski definition) is 4. The van der Waals surface area contributed by atoms with Crippen LogP contribution in [0.1, 0.15) is 13.3 Å². The number of hydrogen-bond donors (Lipinski definition) is 2. The quantitative estimate of drug-likeness (QED) is 0.733. The average Bonchev–Trinajstić information content (AvgIpc) is 2.18. The van der Waals surface area contributed by atoms with Crippen molar-refractivity contribution in [2.24, 2.45) is 0 Å². The highest BCUT2D eigenvalue weighted by Gasteiger charge is 2.04. The van der Waals surface area contributed by atoms with Gasteiger partial charge in [0.25, 0.3) is 0 Å². The Morgan fingerprint density at radius 1 is 1.64 bits per heavy atom. The molecule has 0 fully saturated rings. The molecular formula is C10H16N2OS. The summed E-state index contributed by atoms with van der Waals surface area (Å²) < 4.78 is 0. The summed E-state index contributed by atoms with van der Waals surface area (Å²) in [5.41, 5.74) is 0. The lowest BCUT2D eigenvalue weighted by Gasteiger charge is -2.09. The van der Waals surface area contributed by atoms with Crippen LogP contribution in [0.5, 0.6) is 0 Å². The third-order valence-corrected chi connectivity index (χ3v) is 3.02. The second kappa shape index (κ2) is 5.88. The van der Waals surface area contributed by atoms with Crippen molar-refractivity contribution in [2.45, 2.75) is 23.5 Å². The molecule has 14 heavy (non-hydrogen) atoms. The van der Waals surface area contributed by atoms with Crippen molar-refractivity contribution in [3.63, 3.8) is 0 Å². The number of thioether (sulfide) groups is 1. The number of aliphatic hydroxyl groups excluding tert-OH is 1. The molecule has 0 aliphatic rings. The largest absolute Gasteiger partial charge is 0.396 e. The molecule has 2 N–H and O–H groups in total. The Kier molecular flexibility index (Phi) is 4.76. The first kappa shape index (κ1) is 11.3. The molecule has 0 saturated heterocycles. The summed E-state index contributed by atoms with van der Waals surface area (Å²) in [6.07, 6.45) is 2.61. The predicted octanol–water partition coefficient (Wildman–Crippen LogP) is 1.99. The molecule has 1 heterocycles. The number of nitrogens with zero attached hydrogens (tertiary/aromatic N) is 1. The minimum atomic E-state index is 0.248. The van der Waals surface area contributed by atoms with Crippen LogP contribution in [0.15, 0.2) is 23.2 Å². The van der Waals surface area contributed by atoms with Gasteiger partial charge in [-0.1, -0.05) is 6.92 Å². The van der Waals surface area contributed by atoms with Gasteiger partial charge in [-0.3, -0.25) is 0 Å². The van der Waals surface area contributed by atoms with E-state index in [0.29, 0.717) is 5.25 Å². The van der Waals surface area contributed by atoms with E-state index in [1.807, 2.05) is 19.2 Å². The number of aliphatic hydroxyl groups is 1. The average molecular weight is 212 g/mol. The van der Waals surface area contributed by atoms with E-state index in [4.69, 9.17) is 5.11 Å². The smallest absolute Gasteiger partial charge is 0.126 e. The Labute approximate surface area is 88.9 Å². The van der Waals surface area contributed by atoms with E-state index in [9.17, 15) is 0 Å². The van der Waals surface area contributed by atoms with Gasteiger partial charge in [-0.05, 0) is 18.6 Å². The molecule has 1 aromatic heterocycles. The zero-order valence-corrected chi connectivity index (χ0v) is 9.34. The van der Waals surface area contributed by atoms with Crippen LogP contribution in [0.3, 0.4) is 0 Å². The summed E-state index contributed by atoms with van der Waals surface area (Å²) in [5, 5.41) is 12.2. The lowest BCUT2D eigenvalue weighted by atomic mass is 10.3. The Morgan fingerprint density at radius 2 is 2.43 bits per heavy atom. The minimum Gasteiger partial charge on any atom is -0.396 e. The van der Waals surface area contributed by atoms with E-state index < -0.39 is 0 Å². The predicted molar refractivity (Wildman–Crippen MR) is 60.8 cm³/mol. The summed E-state index contributed by atoms with van der Waals surface area (Å²) in [5.74, 6) is 0.881. The fourth-order valence-corrected chi connectivity index (χ4v) is 2.10. The van der Waals surface area contributed by atoms with E-state index in [1.54, 1.807) is 18.0 Å². The highest BCUT2D eigenvalue weighted by Crippen LogP contribution is 2.25. The third-order valence-electron chi connectivity index (χ3n) is 1.86. The van der Waals surface area contributed by atoms with E-state index in [1.165, 1.54) is 4.90 Å². The van der Waals surface area contributed by atoms with Crippen LogP contribution in [0.25, 0.3) is 0 Å². The van der Waals surface area contributed by atoms with Crippen LogP contribution >= 0.6 is 11.8 Å². The van der Waals surface area contributed by atoms with Gasteiger partial charge in [-0.25, -0.2) is 4.98 Å². The van der Waals surface area contributed by atoms with Gasteiger partial charge in [0.2, 0.25) is 0 Å². The SMILES string of the molecule is CNc1cc(SC(C)CCO)ccn1. The monoisotopic (exact) mass is 212 g/mol. The van der Waals surface area contributed by atoms with E-state index in [0.717, 1.165) is 12.2 Å². The van der Waals surface area contributed by atoms with Crippen LogP contribution < -0.4 is 5.32 Å². The standard InChI is InChI=1S/C10H16N2OS/c1-8(4-6-13)14-9-3-5-12-10(7-9)11-2/h3,5,7-8,13H,4,6H2,1-2H3,(H,11,12). The van der Waals surface area contributed by atoms with Gasteiger partial charge in [0.1, 0.15) is 5.82 Å². The van der Waals surface area contributed by atoms with Crippen molar-refractivity contribution in [2.75, 3.05) is 19.0 Å². The number of aromatic nitrogens is 1. The van der Waals surface area contributed by atoms with Crippen LogP contribution in [0, 0.1) is 0 Å². The first-order valence-corrected chi connectivity index (χ1v) is 5.55. The Balaban J connectivity index is 2.57. The molecule has 0 aliphatic heterocycles. The maximum atomic E-state index is 8.78. The molecule has 1 aromatic rings. The second-order valence-electron chi connectivity index (χ2n) is 3.07. The van der Waals surface area contributed by atoms with Gasteiger partial charge in [0.15, 0.2) is 0 Å². The molecule has 4 heteroatoms. The van der Waals surface area contributed by atoms with Crippen molar-refractivity contribution in [3.8, 4) is 0 Å². The van der Waals surface area contributed by atoms with Crippen LogP contribution in [0.4, 0.5) is 5.82 Å². The third kappa shape index (κ3) is 3.55. The van der Waals surface area contributed by atoms with Gasteiger partial charge in [0, 0.05) is 30.0 Å². The summed E-state index contributed by atoms with van der Waals surface area (Å²) in [4.78, 5) is 5.32. The molecule has 1 unspecified atom stereocenters. The molecule has 0 bridgehead atoms. The van der Waals surface area contributed by atoms with Gasteiger partial charge in [-0.2, -0.15) is 0 Å². The summed E-state index contributed by atoms with van der Waals surface area (Å²) in [6.45, 7) is 2.36. The molecule has 0 aromatic carbocycles. The zero-order chi connectivity index (χ0) is 10.4. The summed E-state index contributed by atoms with van der Waals surface area (Å²) >= 11 is 1.76. The van der Waals surface area contributed by atoms with Gasteiger partial charge in [-0.15, -0.1) is 11.8 Å². The van der Waals surface area contributed by atoms with E-state index >= 15 is 0 Å². The molecule has 78 valence electrons. The number of nitrogens with one attached hydrogen (secondary N) is 1. The fourth-order valence-electron chi connectivity index (χ4n) is 1.09. The molecule has 1 atom stereocenters. The molecule has 0 amide bonds. The first-order valence-electron chi connectivity index (χ1n) is 4.67. The van der Waals surface area contributed by atoms with E-state index in [2.05, 4.69) is 17.2 Å². The van der Waals surface area contributed by atoms with Crippen LogP contribution in [-0.2, 0) is 0 Å². The lowest BCUT2D eigenvalue weighted by molar-refractivity contribution is 0.289. The highest BCUT2D eigenvalue weighted by molar-refractivity contribution is 7.99. The normalized spacial score (nSPS) is 12.5. The molecule has 1 rings (SSSR count).